The summed E-state index contributed by atoms with van der Waals surface area (Å²) in [6.45, 7) is 0. The molecule has 18 heteroatoms. The van der Waals surface area contributed by atoms with E-state index >= 15 is 4.39 Å². The minimum atomic E-state index is -5.08. The molecule has 0 bridgehead atoms. The van der Waals surface area contributed by atoms with Gasteiger partial charge in [0.25, 0.3) is 5.88 Å². The molecule has 2 saturated carbocycles. The van der Waals surface area contributed by atoms with Gasteiger partial charge < -0.3 is 29.3 Å². The number of carboxylic acids is 2. The largest absolute Gasteiger partial charge is 0.491 e. The van der Waals surface area contributed by atoms with E-state index in [-0.39, 0.29) is 30.9 Å². The Bertz CT molecular complexity index is 1360. The van der Waals surface area contributed by atoms with Gasteiger partial charge in [-0.3, -0.25) is 0 Å². The third-order valence-corrected chi connectivity index (χ3v) is 5.99. The van der Waals surface area contributed by atoms with Crippen LogP contribution in [0, 0.1) is 0 Å². The van der Waals surface area contributed by atoms with E-state index in [1.54, 1.807) is 36.7 Å². The molecule has 0 amide bonds. The van der Waals surface area contributed by atoms with E-state index in [1.807, 2.05) is 0 Å². The standard InChI is InChI=1S/C21H20FN3O4.2C2HF3O2/c22-21(14-6-7-23-20(8-14)27-15-2-1-3-15)10-16(11-21)28-19-5-4-13(12-24-19)17-9-18(26)25-29-17;2*3-2(4,5)1(6)7/h4-9,12,15-16H,1-3,10-11H2,(H,25,26);2*(H,6,7)/t16-,21-;;. The van der Waals surface area contributed by atoms with Crippen LogP contribution in [0.25, 0.3) is 11.3 Å². The Morgan fingerprint density at radius 1 is 0.884 bits per heavy atom. The van der Waals surface area contributed by atoms with Gasteiger partial charge in [0.1, 0.15) is 17.9 Å². The van der Waals surface area contributed by atoms with Crippen molar-refractivity contribution in [3.8, 4) is 29.0 Å². The fourth-order valence-electron chi connectivity index (χ4n) is 3.56. The van der Waals surface area contributed by atoms with Crippen LogP contribution in [0.15, 0.2) is 47.2 Å². The summed E-state index contributed by atoms with van der Waals surface area (Å²) in [5, 5.41) is 26.9. The summed E-state index contributed by atoms with van der Waals surface area (Å²) in [6.07, 6.45) is -3.31. The van der Waals surface area contributed by atoms with Crippen LogP contribution in [0.2, 0.25) is 0 Å². The molecule has 2 fully saturated rings. The SMILES string of the molecule is O=C(O)C(F)(F)F.O=C(O)C(F)(F)F.Oc1cc(-c2ccc(O[C@H]3C[C@@](F)(c4ccnc(OC5CCC5)c4)C3)nc2)on1. The van der Waals surface area contributed by atoms with Gasteiger partial charge in [0.05, 0.1) is 0 Å². The second-order valence-corrected chi connectivity index (χ2v) is 9.21. The van der Waals surface area contributed by atoms with Crippen molar-refractivity contribution in [2.24, 2.45) is 0 Å². The van der Waals surface area contributed by atoms with Crippen molar-refractivity contribution in [3.63, 3.8) is 0 Å². The highest BCUT2D eigenvalue weighted by Gasteiger charge is 2.48. The number of ether oxygens (including phenoxy) is 2. The summed E-state index contributed by atoms with van der Waals surface area (Å²) in [5.41, 5.74) is -0.202. The number of pyridine rings is 2. The quantitative estimate of drug-likeness (QED) is 0.299. The summed E-state index contributed by atoms with van der Waals surface area (Å²) in [7, 11) is 0. The van der Waals surface area contributed by atoms with Crippen LogP contribution < -0.4 is 9.47 Å². The Hall–Kier alpha value is -4.64. The third-order valence-electron chi connectivity index (χ3n) is 5.99. The maximum atomic E-state index is 15.3. The van der Waals surface area contributed by atoms with E-state index in [2.05, 4.69) is 15.1 Å². The lowest BCUT2D eigenvalue weighted by molar-refractivity contribution is -0.193. The molecule has 0 aliphatic heterocycles. The minimum Gasteiger partial charge on any atom is -0.491 e. The number of halogens is 7. The Labute approximate surface area is 236 Å². The van der Waals surface area contributed by atoms with Gasteiger partial charge in [0.2, 0.25) is 11.8 Å². The summed E-state index contributed by atoms with van der Waals surface area (Å²) < 4.78 is 95.3. The van der Waals surface area contributed by atoms with Gasteiger partial charge in [-0.1, -0.05) is 0 Å². The van der Waals surface area contributed by atoms with E-state index in [4.69, 9.17) is 33.8 Å². The lowest BCUT2D eigenvalue weighted by Gasteiger charge is -2.41. The molecule has 3 aromatic rings. The van der Waals surface area contributed by atoms with Crippen molar-refractivity contribution in [2.75, 3.05) is 0 Å². The Kier molecular flexibility index (Phi) is 10.0. The van der Waals surface area contributed by atoms with Crippen molar-refractivity contribution in [2.45, 2.75) is 62.3 Å². The van der Waals surface area contributed by atoms with Crippen LogP contribution in [0.4, 0.5) is 30.7 Å². The lowest BCUT2D eigenvalue weighted by atomic mass is 9.74. The number of carbonyl (C=O) groups is 2. The first-order valence-electron chi connectivity index (χ1n) is 12.2. The summed E-state index contributed by atoms with van der Waals surface area (Å²) in [5.74, 6) is -4.39. The normalized spacial score (nSPS) is 19.7. The number of aliphatic carboxylic acids is 2. The van der Waals surface area contributed by atoms with Crippen LogP contribution in [0.5, 0.6) is 17.6 Å². The second kappa shape index (κ2) is 13.1. The predicted octanol–water partition coefficient (Wildman–Crippen LogP) is 5.44. The first-order valence-corrected chi connectivity index (χ1v) is 12.2. The summed E-state index contributed by atoms with van der Waals surface area (Å²) in [6, 6.07) is 8.23. The molecule has 2 aliphatic rings. The lowest BCUT2D eigenvalue weighted by Crippen LogP contribution is -2.44. The fraction of sp³-hybridized carbons (Fsp3) is 0.400. The van der Waals surface area contributed by atoms with Gasteiger partial charge in [0.15, 0.2) is 5.76 Å². The highest BCUT2D eigenvalue weighted by molar-refractivity contribution is 5.73. The Balaban J connectivity index is 0.000000303. The van der Waals surface area contributed by atoms with Crippen molar-refractivity contribution in [1.82, 2.24) is 15.1 Å². The van der Waals surface area contributed by atoms with E-state index < -0.39 is 30.0 Å². The number of carboxylic acid groups (broad SMARTS) is 2. The molecule has 3 heterocycles. The summed E-state index contributed by atoms with van der Waals surface area (Å²) >= 11 is 0. The molecule has 5 rings (SSSR count). The van der Waals surface area contributed by atoms with Crippen LogP contribution in [-0.4, -0.2) is 66.9 Å². The second-order valence-electron chi connectivity index (χ2n) is 9.21. The third kappa shape index (κ3) is 9.44. The smallest absolute Gasteiger partial charge is 0.490 e. The molecule has 0 unspecified atom stereocenters. The molecule has 3 aromatic heterocycles. The zero-order valence-corrected chi connectivity index (χ0v) is 21.6. The van der Waals surface area contributed by atoms with Crippen LogP contribution in [0.3, 0.4) is 0 Å². The Morgan fingerprint density at radius 2 is 1.47 bits per heavy atom. The number of nitrogens with zero attached hydrogens (tertiary/aromatic N) is 3. The molecular weight excluding hydrogens is 603 g/mol. The van der Waals surface area contributed by atoms with Gasteiger partial charge in [0, 0.05) is 49.0 Å². The molecule has 43 heavy (non-hydrogen) atoms. The maximum absolute atomic E-state index is 15.3. The van der Waals surface area contributed by atoms with Gasteiger partial charge in [-0.15, -0.1) is 0 Å². The molecule has 0 atom stereocenters. The molecule has 234 valence electrons. The highest BCUT2D eigenvalue weighted by atomic mass is 19.4. The molecule has 0 aromatic carbocycles. The van der Waals surface area contributed by atoms with Gasteiger partial charge in [-0.2, -0.15) is 26.3 Å². The van der Waals surface area contributed by atoms with Crippen LogP contribution >= 0.6 is 0 Å². The van der Waals surface area contributed by atoms with Gasteiger partial charge in [-0.05, 0) is 42.1 Å². The summed E-state index contributed by atoms with van der Waals surface area (Å²) in [4.78, 5) is 26.2. The van der Waals surface area contributed by atoms with E-state index in [0.717, 1.165) is 12.8 Å². The molecule has 0 spiro atoms. The molecule has 2 aliphatic carbocycles. The predicted molar refractivity (Wildman–Crippen MR) is 128 cm³/mol. The molecule has 0 radical (unpaired) electrons. The minimum absolute atomic E-state index is 0.188. The number of hydrogen-bond acceptors (Lipinski definition) is 9. The van der Waals surface area contributed by atoms with Gasteiger partial charge >= 0.3 is 24.3 Å². The van der Waals surface area contributed by atoms with Crippen LogP contribution in [0.1, 0.15) is 37.7 Å². The van der Waals surface area contributed by atoms with Crippen LogP contribution in [-0.2, 0) is 15.3 Å². The molecule has 11 nitrogen and oxygen atoms in total. The number of aromatic hydroxyl groups is 1. The maximum Gasteiger partial charge on any atom is 0.490 e. The fourth-order valence-corrected chi connectivity index (χ4v) is 3.56. The van der Waals surface area contributed by atoms with Crippen molar-refractivity contribution < 1.29 is 69.6 Å². The van der Waals surface area contributed by atoms with E-state index in [1.165, 1.54) is 12.5 Å². The highest BCUT2D eigenvalue weighted by Crippen LogP contribution is 2.47. The zero-order chi connectivity index (χ0) is 32.0. The van der Waals surface area contributed by atoms with E-state index in [0.29, 0.717) is 28.6 Å². The van der Waals surface area contributed by atoms with Crippen molar-refractivity contribution in [1.29, 1.82) is 0 Å². The number of hydrogen-bond donors (Lipinski definition) is 3. The van der Waals surface area contributed by atoms with E-state index in [9.17, 15) is 31.4 Å². The van der Waals surface area contributed by atoms with Gasteiger partial charge in [-0.25, -0.2) is 23.9 Å². The van der Waals surface area contributed by atoms with Crippen molar-refractivity contribution >= 4 is 11.9 Å². The first kappa shape index (κ1) is 32.9. The molecular formula is C25H22F7N3O8. The zero-order valence-electron chi connectivity index (χ0n) is 21.6. The average Bonchev–Trinajstić information content (AvgIpc) is 3.31. The number of aromatic nitrogens is 3. The monoisotopic (exact) mass is 625 g/mol. The first-order chi connectivity index (χ1) is 20.0. The number of rotatable bonds is 6. The average molecular weight is 625 g/mol. The van der Waals surface area contributed by atoms with Crippen molar-refractivity contribution in [3.05, 3.63) is 48.3 Å². The topological polar surface area (TPSA) is 165 Å². The Morgan fingerprint density at radius 3 is 1.91 bits per heavy atom. The number of alkyl halides is 7. The molecule has 0 saturated heterocycles. The molecule has 3 N–H and O–H groups in total.